The van der Waals surface area contributed by atoms with Crippen molar-refractivity contribution in [1.82, 2.24) is 0 Å². The van der Waals surface area contributed by atoms with Gasteiger partial charge in [-0.1, -0.05) is 0 Å². The van der Waals surface area contributed by atoms with Crippen LogP contribution in [0.1, 0.15) is 0 Å². The third-order valence-corrected chi connectivity index (χ3v) is 8.74. The van der Waals surface area contributed by atoms with Crippen LogP contribution >= 0.6 is 0 Å². The highest BCUT2D eigenvalue weighted by atomic mass is 28.5. The smallest absolute Gasteiger partial charge is 0.334 e. The van der Waals surface area contributed by atoms with Crippen molar-refractivity contribution in [3.63, 3.8) is 0 Å². The Bertz CT molecular complexity index is 221. The lowest BCUT2D eigenvalue weighted by molar-refractivity contribution is 0.0848. The van der Waals surface area contributed by atoms with Crippen LogP contribution in [0.5, 0.6) is 0 Å². The predicted molar refractivity (Wildman–Crippen MR) is 69.3 cm³/mol. The summed E-state index contributed by atoms with van der Waals surface area (Å²) < 4.78 is 10.9. The van der Waals surface area contributed by atoms with E-state index in [9.17, 15) is 15.0 Å². The number of rotatable bonds is 9. The summed E-state index contributed by atoms with van der Waals surface area (Å²) in [5.41, 5.74) is 0. The fourth-order valence-electron chi connectivity index (χ4n) is 1.68. The second kappa shape index (κ2) is 7.67. The Labute approximate surface area is 109 Å². The molecule has 9 heteroatoms. The van der Waals surface area contributed by atoms with Crippen molar-refractivity contribution >= 4 is 17.1 Å². The molecule has 0 rings (SSSR count). The van der Waals surface area contributed by atoms with Gasteiger partial charge in [0, 0.05) is 19.2 Å². The molecule has 2 unspecified atom stereocenters. The molecular weight excluding hydrogens is 276 g/mol. The molecule has 0 saturated carbocycles. The van der Waals surface area contributed by atoms with Crippen molar-refractivity contribution in [2.24, 2.45) is 0 Å². The number of aliphatic hydroxyl groups excluding tert-OH is 4. The molecule has 0 aliphatic carbocycles. The normalized spacial score (nSPS) is 19.3. The molecular formula is C9H24O7Si2. The van der Waals surface area contributed by atoms with Crippen LogP contribution < -0.4 is 0 Å². The van der Waals surface area contributed by atoms with Gasteiger partial charge in [0.2, 0.25) is 0 Å². The molecule has 2 atom stereocenters. The van der Waals surface area contributed by atoms with Crippen molar-refractivity contribution in [3.8, 4) is 0 Å². The Morgan fingerprint density at radius 2 is 1.39 bits per heavy atom. The largest absolute Gasteiger partial charge is 0.415 e. The topological polar surface area (TPSA) is 120 Å². The summed E-state index contributed by atoms with van der Waals surface area (Å²) in [6.07, 6.45) is -2.09. The minimum atomic E-state index is -3.08. The molecule has 5 N–H and O–H groups in total. The molecule has 0 fully saturated rings. The molecule has 0 aliphatic rings. The second-order valence-electron chi connectivity index (χ2n) is 4.74. The van der Waals surface area contributed by atoms with Crippen molar-refractivity contribution in [2.75, 3.05) is 20.3 Å². The number of hydrogen-bond acceptors (Lipinski definition) is 7. The fraction of sp³-hybridized carbons (Fsp3) is 1.00. The second-order valence-corrected chi connectivity index (χ2v) is 11.5. The maximum absolute atomic E-state index is 9.84. The van der Waals surface area contributed by atoms with Gasteiger partial charge in [-0.25, -0.2) is 0 Å². The molecule has 18 heavy (non-hydrogen) atoms. The van der Waals surface area contributed by atoms with Gasteiger partial charge in [0.05, 0.1) is 25.4 Å². The minimum Gasteiger partial charge on any atom is -0.415 e. The highest BCUT2D eigenvalue weighted by molar-refractivity contribution is 6.79. The maximum atomic E-state index is 9.84. The van der Waals surface area contributed by atoms with E-state index in [0.717, 1.165) is 0 Å². The average molecular weight is 300 g/mol. The van der Waals surface area contributed by atoms with Crippen LogP contribution in [-0.4, -0.2) is 74.9 Å². The molecule has 0 aliphatic heterocycles. The first-order valence-corrected chi connectivity index (χ1v) is 10.8. The molecule has 110 valence electrons. The van der Waals surface area contributed by atoms with Gasteiger partial charge in [0.25, 0.3) is 0 Å². The standard InChI is InChI=1S/C9H24O7Si2/c1-15-18(6-8(12)4-10,7-9(13)5-11)16-17(2,3)14/h8-14H,4-7H2,1-3H3. The highest BCUT2D eigenvalue weighted by Gasteiger charge is 2.45. The molecule has 7 nitrogen and oxygen atoms in total. The van der Waals surface area contributed by atoms with Crippen LogP contribution in [0, 0.1) is 0 Å². The number of hydrogen-bond donors (Lipinski definition) is 5. The van der Waals surface area contributed by atoms with Gasteiger partial charge in [0.15, 0.2) is 0 Å². The lowest BCUT2D eigenvalue weighted by Gasteiger charge is -2.36. The van der Waals surface area contributed by atoms with E-state index < -0.39 is 42.5 Å². The number of aliphatic hydroxyl groups is 4. The third-order valence-electron chi connectivity index (χ3n) is 2.32. The SMILES string of the molecule is CO[Si](CC(O)CO)(CC(O)CO)O[Si](C)(C)O. The Morgan fingerprint density at radius 3 is 1.61 bits per heavy atom. The lowest BCUT2D eigenvalue weighted by Crippen LogP contribution is -2.54. The fourth-order valence-corrected chi connectivity index (χ4v) is 8.51. The van der Waals surface area contributed by atoms with E-state index >= 15 is 0 Å². The van der Waals surface area contributed by atoms with Gasteiger partial charge in [0.1, 0.15) is 0 Å². The van der Waals surface area contributed by atoms with Gasteiger partial charge < -0.3 is 33.8 Å². The first-order valence-electron chi connectivity index (χ1n) is 5.73. The van der Waals surface area contributed by atoms with Crippen LogP contribution in [0.15, 0.2) is 0 Å². The van der Waals surface area contributed by atoms with Crippen molar-refractivity contribution < 1.29 is 33.8 Å². The van der Waals surface area contributed by atoms with Gasteiger partial charge in [-0.2, -0.15) is 0 Å². The van der Waals surface area contributed by atoms with E-state index in [2.05, 4.69) is 0 Å². The van der Waals surface area contributed by atoms with E-state index in [1.54, 1.807) is 13.1 Å². The summed E-state index contributed by atoms with van der Waals surface area (Å²) in [7, 11) is -4.63. The lowest BCUT2D eigenvalue weighted by atomic mass is 10.4. The van der Waals surface area contributed by atoms with Gasteiger partial charge >= 0.3 is 17.1 Å². The molecule has 0 aromatic heterocycles. The first kappa shape index (κ1) is 18.2. The monoisotopic (exact) mass is 300 g/mol. The minimum absolute atomic E-state index is 0.0219. The van der Waals surface area contributed by atoms with Crippen LogP contribution in [0.3, 0.4) is 0 Å². The Morgan fingerprint density at radius 1 is 1.00 bits per heavy atom. The average Bonchev–Trinajstić information content (AvgIpc) is 2.26. The van der Waals surface area contributed by atoms with Crippen LogP contribution in [0.4, 0.5) is 0 Å². The van der Waals surface area contributed by atoms with Crippen LogP contribution in [0.2, 0.25) is 25.2 Å². The van der Waals surface area contributed by atoms with Crippen molar-refractivity contribution in [1.29, 1.82) is 0 Å². The summed E-state index contributed by atoms with van der Waals surface area (Å²) in [6.45, 7) is 2.18. The van der Waals surface area contributed by atoms with E-state index in [4.69, 9.17) is 18.8 Å². The van der Waals surface area contributed by atoms with E-state index in [-0.39, 0.29) is 12.1 Å². The molecule has 0 spiro atoms. The molecule has 0 bridgehead atoms. The zero-order chi connectivity index (χ0) is 14.4. The molecule has 0 saturated heterocycles. The zero-order valence-electron chi connectivity index (χ0n) is 11.0. The predicted octanol–water partition coefficient (Wildman–Crippen LogP) is -1.51. The van der Waals surface area contributed by atoms with Gasteiger partial charge in [-0.15, -0.1) is 0 Å². The highest BCUT2D eigenvalue weighted by Crippen LogP contribution is 2.25. The Hall–Kier alpha value is 0.154. The summed E-state index contributed by atoms with van der Waals surface area (Å²) in [6, 6.07) is 0.0438. The van der Waals surface area contributed by atoms with Crippen molar-refractivity contribution in [2.45, 2.75) is 37.4 Å². The van der Waals surface area contributed by atoms with Crippen molar-refractivity contribution in [3.05, 3.63) is 0 Å². The third kappa shape index (κ3) is 6.92. The molecule has 0 heterocycles. The maximum Gasteiger partial charge on any atom is 0.334 e. The summed E-state index contributed by atoms with van der Waals surface area (Å²) in [5.74, 6) is 0. The first-order chi connectivity index (χ1) is 8.18. The summed E-state index contributed by atoms with van der Waals surface area (Å²) >= 11 is 0. The summed E-state index contributed by atoms with van der Waals surface area (Å²) in [5, 5.41) is 36.8. The molecule has 0 aromatic carbocycles. The van der Waals surface area contributed by atoms with Crippen LogP contribution in [-0.2, 0) is 8.54 Å². The Balaban J connectivity index is 4.93. The van der Waals surface area contributed by atoms with Crippen LogP contribution in [0.25, 0.3) is 0 Å². The molecule has 0 aromatic rings. The van der Waals surface area contributed by atoms with Gasteiger partial charge in [-0.05, 0) is 13.1 Å². The van der Waals surface area contributed by atoms with E-state index in [0.29, 0.717) is 0 Å². The van der Waals surface area contributed by atoms with E-state index in [1.165, 1.54) is 7.11 Å². The zero-order valence-corrected chi connectivity index (χ0v) is 13.0. The van der Waals surface area contributed by atoms with Gasteiger partial charge in [-0.3, -0.25) is 0 Å². The molecule has 0 amide bonds. The quantitative estimate of drug-likeness (QED) is 0.328. The van der Waals surface area contributed by atoms with E-state index in [1.807, 2.05) is 0 Å². The molecule has 0 radical (unpaired) electrons. The Kier molecular flexibility index (Phi) is 7.74. The summed E-state index contributed by atoms with van der Waals surface area (Å²) in [4.78, 5) is 9.84.